The number of hydrogen-bond acceptors (Lipinski definition) is 5. The minimum Gasteiger partial charge on any atom is -0.495 e. The van der Waals surface area contributed by atoms with Crippen molar-refractivity contribution in [2.24, 2.45) is 5.73 Å². The molecular weight excluding hydrogens is 292 g/mol. The van der Waals surface area contributed by atoms with Crippen LogP contribution in [0.3, 0.4) is 0 Å². The third-order valence-corrected chi connectivity index (χ3v) is 4.42. The molecule has 120 valence electrons. The van der Waals surface area contributed by atoms with E-state index in [-0.39, 0.29) is 18.0 Å². The molecule has 0 amide bonds. The molecule has 0 saturated heterocycles. The molecule has 1 aromatic rings. The van der Waals surface area contributed by atoms with Crippen LogP contribution in [0, 0.1) is 0 Å². The highest BCUT2D eigenvalue weighted by atomic mass is 32.2. The number of nitrogens with one attached hydrogen (secondary N) is 1. The van der Waals surface area contributed by atoms with Crippen LogP contribution in [0.25, 0.3) is 0 Å². The second-order valence-corrected chi connectivity index (χ2v) is 6.29. The molecule has 0 unspecified atom stereocenters. The molecule has 0 aromatic heterocycles. The summed E-state index contributed by atoms with van der Waals surface area (Å²) in [6.45, 7) is 3.56. The maximum absolute atomic E-state index is 12.3. The number of unbranched alkanes of at least 4 members (excludes halogenated alkanes) is 1. The first-order valence-corrected chi connectivity index (χ1v) is 8.47. The third kappa shape index (κ3) is 5.62. The molecule has 0 saturated carbocycles. The largest absolute Gasteiger partial charge is 0.495 e. The van der Waals surface area contributed by atoms with Crippen molar-refractivity contribution in [1.82, 2.24) is 4.72 Å². The van der Waals surface area contributed by atoms with E-state index in [2.05, 4.69) is 11.6 Å². The Hall–Kier alpha value is -1.15. The van der Waals surface area contributed by atoms with Gasteiger partial charge >= 0.3 is 0 Å². The van der Waals surface area contributed by atoms with E-state index < -0.39 is 10.0 Å². The van der Waals surface area contributed by atoms with Crippen LogP contribution in [0.4, 0.5) is 0 Å². The van der Waals surface area contributed by atoms with Crippen molar-refractivity contribution in [3.63, 3.8) is 0 Å². The summed E-state index contributed by atoms with van der Waals surface area (Å²) in [5, 5.41) is 0. The topological polar surface area (TPSA) is 90.7 Å². The molecule has 21 heavy (non-hydrogen) atoms. The molecular formula is C14H24N2O4S. The van der Waals surface area contributed by atoms with Crippen molar-refractivity contribution in [1.29, 1.82) is 0 Å². The van der Waals surface area contributed by atoms with Gasteiger partial charge in [0.1, 0.15) is 10.6 Å². The number of sulfonamides is 1. The number of ether oxygens (including phenoxy) is 2. The smallest absolute Gasteiger partial charge is 0.244 e. The van der Waals surface area contributed by atoms with E-state index in [1.54, 1.807) is 12.1 Å². The summed E-state index contributed by atoms with van der Waals surface area (Å²) < 4.78 is 37.5. The average Bonchev–Trinajstić information content (AvgIpc) is 2.50. The zero-order valence-electron chi connectivity index (χ0n) is 12.6. The van der Waals surface area contributed by atoms with Crippen molar-refractivity contribution in [3.05, 3.63) is 23.8 Å². The minimum absolute atomic E-state index is 0.0986. The predicted molar refractivity (Wildman–Crippen MR) is 81.8 cm³/mol. The van der Waals surface area contributed by atoms with Gasteiger partial charge in [-0.2, -0.15) is 0 Å². The zero-order valence-corrected chi connectivity index (χ0v) is 13.4. The van der Waals surface area contributed by atoms with Gasteiger partial charge in [0, 0.05) is 19.7 Å². The standard InChI is InChI=1S/C14H24N2O4S/c1-3-4-8-20-9-7-16-21(17,18)14-10-12(11-15)5-6-13(14)19-2/h5-6,10,16H,3-4,7-9,11,15H2,1-2H3. The van der Waals surface area contributed by atoms with Crippen molar-refractivity contribution in [2.75, 3.05) is 26.9 Å². The lowest BCUT2D eigenvalue weighted by Gasteiger charge is -2.12. The predicted octanol–water partition coefficient (Wildman–Crippen LogP) is 1.25. The lowest BCUT2D eigenvalue weighted by Crippen LogP contribution is -2.28. The van der Waals surface area contributed by atoms with Crippen LogP contribution in [-0.2, 0) is 21.3 Å². The van der Waals surface area contributed by atoms with Crippen LogP contribution in [-0.4, -0.2) is 35.3 Å². The molecule has 0 aliphatic heterocycles. The monoisotopic (exact) mass is 316 g/mol. The Balaban J connectivity index is 2.69. The quantitative estimate of drug-likeness (QED) is 0.634. The number of methoxy groups -OCH3 is 1. The molecule has 0 bridgehead atoms. The Labute approximate surface area is 126 Å². The van der Waals surface area contributed by atoms with Crippen molar-refractivity contribution >= 4 is 10.0 Å². The van der Waals surface area contributed by atoms with Gasteiger partial charge in [0.2, 0.25) is 10.0 Å². The first kappa shape index (κ1) is 17.9. The van der Waals surface area contributed by atoms with E-state index in [1.807, 2.05) is 0 Å². The van der Waals surface area contributed by atoms with E-state index in [0.29, 0.717) is 19.0 Å². The number of nitrogens with two attached hydrogens (primary N) is 1. The van der Waals surface area contributed by atoms with Crippen molar-refractivity contribution < 1.29 is 17.9 Å². The van der Waals surface area contributed by atoms with Crippen LogP contribution in [0.1, 0.15) is 25.3 Å². The van der Waals surface area contributed by atoms with Gasteiger partial charge in [0.05, 0.1) is 13.7 Å². The molecule has 0 spiro atoms. The summed E-state index contributed by atoms with van der Waals surface area (Å²) in [4.78, 5) is 0.0986. The molecule has 0 aliphatic carbocycles. The Morgan fingerprint density at radius 2 is 2.05 bits per heavy atom. The number of benzene rings is 1. The summed E-state index contributed by atoms with van der Waals surface area (Å²) in [6.07, 6.45) is 2.02. The summed E-state index contributed by atoms with van der Waals surface area (Å²) in [7, 11) is -2.20. The van der Waals surface area contributed by atoms with Crippen LogP contribution in [0.15, 0.2) is 23.1 Å². The molecule has 3 N–H and O–H groups in total. The molecule has 1 aromatic carbocycles. The Morgan fingerprint density at radius 1 is 1.29 bits per heavy atom. The highest BCUT2D eigenvalue weighted by molar-refractivity contribution is 7.89. The fourth-order valence-electron chi connectivity index (χ4n) is 1.73. The lowest BCUT2D eigenvalue weighted by atomic mass is 10.2. The van der Waals surface area contributed by atoms with Gasteiger partial charge in [-0.3, -0.25) is 0 Å². The van der Waals surface area contributed by atoms with E-state index in [1.165, 1.54) is 13.2 Å². The van der Waals surface area contributed by atoms with Crippen LogP contribution >= 0.6 is 0 Å². The van der Waals surface area contributed by atoms with Gasteiger partial charge in [0.25, 0.3) is 0 Å². The number of rotatable bonds is 10. The second kappa shape index (κ2) is 8.99. The van der Waals surface area contributed by atoms with Crippen LogP contribution in [0.2, 0.25) is 0 Å². The Bertz CT molecular complexity index is 532. The lowest BCUT2D eigenvalue weighted by molar-refractivity contribution is 0.136. The molecule has 6 nitrogen and oxygen atoms in total. The van der Waals surface area contributed by atoms with Crippen molar-refractivity contribution in [2.45, 2.75) is 31.2 Å². The summed E-state index contributed by atoms with van der Waals surface area (Å²) in [5.74, 6) is 0.298. The fourth-order valence-corrected chi connectivity index (χ4v) is 2.96. The summed E-state index contributed by atoms with van der Waals surface area (Å²) in [5.41, 5.74) is 6.28. The van der Waals surface area contributed by atoms with Gasteiger partial charge < -0.3 is 15.2 Å². The minimum atomic E-state index is -3.64. The molecule has 1 rings (SSSR count). The van der Waals surface area contributed by atoms with Gasteiger partial charge in [-0.05, 0) is 24.1 Å². The number of hydrogen-bond donors (Lipinski definition) is 2. The zero-order chi connectivity index (χ0) is 15.7. The maximum atomic E-state index is 12.3. The second-order valence-electron chi connectivity index (χ2n) is 4.55. The molecule has 0 heterocycles. The normalized spacial score (nSPS) is 11.6. The molecule has 0 aliphatic rings. The first-order valence-electron chi connectivity index (χ1n) is 6.99. The fraction of sp³-hybridized carbons (Fsp3) is 0.571. The van der Waals surface area contributed by atoms with Gasteiger partial charge in [-0.15, -0.1) is 0 Å². The Kier molecular flexibility index (Phi) is 7.66. The SMILES string of the molecule is CCCCOCCNS(=O)(=O)c1cc(CN)ccc1OC. The van der Waals surface area contributed by atoms with Gasteiger partial charge in [0.15, 0.2) is 0 Å². The van der Waals surface area contributed by atoms with Crippen LogP contribution in [0.5, 0.6) is 5.75 Å². The molecule has 7 heteroatoms. The Morgan fingerprint density at radius 3 is 2.67 bits per heavy atom. The van der Waals surface area contributed by atoms with E-state index in [0.717, 1.165) is 18.4 Å². The van der Waals surface area contributed by atoms with E-state index >= 15 is 0 Å². The summed E-state index contributed by atoms with van der Waals surface area (Å²) in [6, 6.07) is 4.87. The molecule has 0 fully saturated rings. The molecule has 0 atom stereocenters. The van der Waals surface area contributed by atoms with E-state index in [9.17, 15) is 8.42 Å². The summed E-state index contributed by atoms with van der Waals surface area (Å²) >= 11 is 0. The molecule has 0 radical (unpaired) electrons. The maximum Gasteiger partial charge on any atom is 0.244 e. The van der Waals surface area contributed by atoms with Crippen LogP contribution < -0.4 is 15.2 Å². The van der Waals surface area contributed by atoms with Crippen molar-refractivity contribution in [3.8, 4) is 5.75 Å². The van der Waals surface area contributed by atoms with E-state index in [4.69, 9.17) is 15.2 Å². The third-order valence-electron chi connectivity index (χ3n) is 2.93. The highest BCUT2D eigenvalue weighted by Gasteiger charge is 2.19. The average molecular weight is 316 g/mol. The van der Waals surface area contributed by atoms with Gasteiger partial charge in [-0.25, -0.2) is 13.1 Å². The van der Waals surface area contributed by atoms with Gasteiger partial charge in [-0.1, -0.05) is 19.4 Å². The highest BCUT2D eigenvalue weighted by Crippen LogP contribution is 2.24. The first-order chi connectivity index (χ1) is 10.0.